The Morgan fingerprint density at radius 1 is 1.07 bits per heavy atom. The van der Waals surface area contributed by atoms with Crippen molar-refractivity contribution in [2.24, 2.45) is 0 Å². The highest BCUT2D eigenvalue weighted by Crippen LogP contribution is 2.24. The zero-order chi connectivity index (χ0) is 20.2. The van der Waals surface area contributed by atoms with Crippen LogP contribution in [0, 0.1) is 0 Å². The van der Waals surface area contributed by atoms with Crippen molar-refractivity contribution in [2.75, 3.05) is 0 Å². The Labute approximate surface area is 168 Å². The van der Waals surface area contributed by atoms with Gasteiger partial charge >= 0.3 is 0 Å². The van der Waals surface area contributed by atoms with Gasteiger partial charge in [-0.1, -0.05) is 19.1 Å². The van der Waals surface area contributed by atoms with E-state index in [0.29, 0.717) is 18.5 Å². The fraction of sp³-hybridized carbons (Fsp3) is 0.130. The van der Waals surface area contributed by atoms with Crippen LogP contribution in [-0.2, 0) is 6.54 Å². The molecule has 144 valence electrons. The molecule has 1 aromatic carbocycles. The first-order chi connectivity index (χ1) is 14.2. The zero-order valence-corrected chi connectivity index (χ0v) is 16.0. The van der Waals surface area contributed by atoms with E-state index in [2.05, 4.69) is 15.3 Å². The van der Waals surface area contributed by atoms with Crippen LogP contribution in [0.4, 0.5) is 0 Å². The Hall–Kier alpha value is -3.80. The molecule has 6 nitrogen and oxygen atoms in total. The molecule has 0 aliphatic heterocycles. The van der Waals surface area contributed by atoms with E-state index in [9.17, 15) is 9.59 Å². The summed E-state index contributed by atoms with van der Waals surface area (Å²) in [6.07, 6.45) is 7.24. The molecule has 0 aliphatic rings. The fourth-order valence-electron chi connectivity index (χ4n) is 3.18. The second-order valence-corrected chi connectivity index (χ2v) is 6.68. The van der Waals surface area contributed by atoms with Crippen LogP contribution >= 0.6 is 0 Å². The molecule has 4 rings (SSSR count). The normalized spacial score (nSPS) is 10.8. The van der Waals surface area contributed by atoms with Gasteiger partial charge in [-0.2, -0.15) is 0 Å². The fourth-order valence-corrected chi connectivity index (χ4v) is 3.18. The Balaban J connectivity index is 1.50. The Bertz CT molecular complexity index is 1160. The van der Waals surface area contributed by atoms with E-state index >= 15 is 0 Å². The van der Waals surface area contributed by atoms with E-state index in [-0.39, 0.29) is 11.8 Å². The highest BCUT2D eigenvalue weighted by molar-refractivity contribution is 5.95. The molecule has 0 radical (unpaired) electrons. The van der Waals surface area contributed by atoms with Gasteiger partial charge in [0.25, 0.3) is 5.91 Å². The Morgan fingerprint density at radius 2 is 1.97 bits per heavy atom. The topological polar surface area (TPSA) is 76.9 Å². The van der Waals surface area contributed by atoms with Gasteiger partial charge in [0.15, 0.2) is 0 Å². The molecular formula is C23H20N4O2. The molecule has 0 saturated carbocycles. The molecule has 3 aromatic heterocycles. The van der Waals surface area contributed by atoms with Crippen molar-refractivity contribution >= 4 is 22.7 Å². The van der Waals surface area contributed by atoms with Crippen LogP contribution in [0.1, 0.15) is 34.1 Å². The van der Waals surface area contributed by atoms with E-state index < -0.39 is 0 Å². The van der Waals surface area contributed by atoms with E-state index in [1.165, 1.54) is 0 Å². The molecule has 3 heterocycles. The van der Waals surface area contributed by atoms with Crippen molar-refractivity contribution in [3.8, 4) is 11.3 Å². The summed E-state index contributed by atoms with van der Waals surface area (Å²) >= 11 is 0. The summed E-state index contributed by atoms with van der Waals surface area (Å²) < 4.78 is 1.67. The number of hydrogen-bond donors (Lipinski definition) is 1. The van der Waals surface area contributed by atoms with E-state index in [0.717, 1.165) is 27.7 Å². The number of pyridine rings is 2. The highest BCUT2D eigenvalue weighted by atomic mass is 16.2. The molecule has 1 amide bonds. The standard InChI is InChI=1S/C23H20N4O2/c1-2-22(28)27-11-9-18-12-17(6-8-21(18)27)20-7-5-19(15-25-20)23(29)26-14-16-4-3-10-24-13-16/h3-13,15H,2,14H2,1H3,(H,26,29). The minimum atomic E-state index is -0.182. The summed E-state index contributed by atoms with van der Waals surface area (Å²) in [5, 5.41) is 3.84. The average Bonchev–Trinajstić information content (AvgIpc) is 3.21. The van der Waals surface area contributed by atoms with Crippen LogP contribution in [0.5, 0.6) is 0 Å². The van der Waals surface area contributed by atoms with Crippen molar-refractivity contribution in [3.63, 3.8) is 0 Å². The van der Waals surface area contributed by atoms with E-state index in [1.807, 2.05) is 49.4 Å². The Kier molecular flexibility index (Phi) is 5.16. The molecule has 0 atom stereocenters. The molecule has 29 heavy (non-hydrogen) atoms. The van der Waals surface area contributed by atoms with Gasteiger partial charge in [-0.15, -0.1) is 0 Å². The third-order valence-corrected chi connectivity index (χ3v) is 4.76. The minimum absolute atomic E-state index is 0.0625. The van der Waals surface area contributed by atoms with Crippen LogP contribution in [0.15, 0.2) is 73.3 Å². The lowest BCUT2D eigenvalue weighted by atomic mass is 10.1. The van der Waals surface area contributed by atoms with Crippen LogP contribution in [0.2, 0.25) is 0 Å². The maximum Gasteiger partial charge on any atom is 0.253 e. The number of rotatable bonds is 5. The van der Waals surface area contributed by atoms with Gasteiger partial charge in [0.2, 0.25) is 5.91 Å². The first-order valence-electron chi connectivity index (χ1n) is 9.43. The summed E-state index contributed by atoms with van der Waals surface area (Å²) in [4.78, 5) is 32.8. The van der Waals surface area contributed by atoms with E-state index in [1.54, 1.807) is 35.4 Å². The molecule has 0 bridgehead atoms. The van der Waals surface area contributed by atoms with Gasteiger partial charge in [0.05, 0.1) is 16.8 Å². The molecule has 6 heteroatoms. The second-order valence-electron chi connectivity index (χ2n) is 6.68. The SMILES string of the molecule is CCC(=O)n1ccc2cc(-c3ccc(C(=O)NCc4cccnc4)cn3)ccc21. The third kappa shape index (κ3) is 3.91. The van der Waals surface area contributed by atoms with Crippen LogP contribution in [0.25, 0.3) is 22.2 Å². The summed E-state index contributed by atoms with van der Waals surface area (Å²) in [6.45, 7) is 2.26. The first kappa shape index (κ1) is 18.6. The molecule has 0 unspecified atom stereocenters. The van der Waals surface area contributed by atoms with Crippen LogP contribution in [-0.4, -0.2) is 26.3 Å². The monoisotopic (exact) mass is 384 g/mol. The predicted molar refractivity (Wildman–Crippen MR) is 111 cm³/mol. The number of hydrogen-bond acceptors (Lipinski definition) is 4. The van der Waals surface area contributed by atoms with Crippen molar-refractivity contribution < 1.29 is 9.59 Å². The van der Waals surface area contributed by atoms with Gasteiger partial charge in [-0.3, -0.25) is 24.1 Å². The lowest BCUT2D eigenvalue weighted by Crippen LogP contribution is -2.22. The maximum absolute atomic E-state index is 12.3. The second kappa shape index (κ2) is 8.06. The average molecular weight is 384 g/mol. The van der Waals surface area contributed by atoms with Crippen molar-refractivity contribution in [1.82, 2.24) is 19.9 Å². The predicted octanol–water partition coefficient (Wildman–Crippen LogP) is 4.08. The Morgan fingerprint density at radius 3 is 2.69 bits per heavy atom. The first-order valence-corrected chi connectivity index (χ1v) is 9.43. The van der Waals surface area contributed by atoms with E-state index in [4.69, 9.17) is 0 Å². The van der Waals surface area contributed by atoms with Gasteiger partial charge in [-0.25, -0.2) is 0 Å². The van der Waals surface area contributed by atoms with Crippen molar-refractivity contribution in [1.29, 1.82) is 0 Å². The molecule has 0 fully saturated rings. The number of aromatic nitrogens is 3. The van der Waals surface area contributed by atoms with Crippen molar-refractivity contribution in [3.05, 3.63) is 84.4 Å². The van der Waals surface area contributed by atoms with Crippen LogP contribution in [0.3, 0.4) is 0 Å². The number of benzene rings is 1. The zero-order valence-electron chi connectivity index (χ0n) is 16.0. The summed E-state index contributed by atoms with van der Waals surface area (Å²) in [6, 6.07) is 15.1. The molecular weight excluding hydrogens is 364 g/mol. The van der Waals surface area contributed by atoms with Gasteiger partial charge < -0.3 is 5.32 Å². The number of nitrogens with zero attached hydrogens (tertiary/aromatic N) is 3. The molecule has 1 N–H and O–H groups in total. The lowest BCUT2D eigenvalue weighted by molar-refractivity contribution is 0.0912. The lowest BCUT2D eigenvalue weighted by Gasteiger charge is -2.07. The summed E-state index contributed by atoms with van der Waals surface area (Å²) in [7, 11) is 0. The molecule has 0 saturated heterocycles. The maximum atomic E-state index is 12.3. The van der Waals surface area contributed by atoms with Gasteiger partial charge in [0.1, 0.15) is 0 Å². The number of amides is 1. The molecule has 0 spiro atoms. The largest absolute Gasteiger partial charge is 0.348 e. The molecule has 0 aliphatic carbocycles. The summed E-state index contributed by atoms with van der Waals surface area (Å²) in [5.41, 5.74) is 4.02. The molecule has 4 aromatic rings. The number of nitrogens with one attached hydrogen (secondary N) is 1. The van der Waals surface area contributed by atoms with Crippen molar-refractivity contribution in [2.45, 2.75) is 19.9 Å². The number of carbonyl (C=O) groups is 2. The minimum Gasteiger partial charge on any atom is -0.348 e. The number of fused-ring (bicyclic) bond motifs is 1. The smallest absolute Gasteiger partial charge is 0.253 e. The quantitative estimate of drug-likeness (QED) is 0.562. The van der Waals surface area contributed by atoms with Gasteiger partial charge in [-0.05, 0) is 42.0 Å². The third-order valence-electron chi connectivity index (χ3n) is 4.76. The highest BCUT2D eigenvalue weighted by Gasteiger charge is 2.10. The van der Waals surface area contributed by atoms with Crippen LogP contribution < -0.4 is 5.32 Å². The number of carbonyl (C=O) groups excluding carboxylic acids is 2. The van der Waals surface area contributed by atoms with Gasteiger partial charge in [0, 0.05) is 48.7 Å². The summed E-state index contributed by atoms with van der Waals surface area (Å²) in [5.74, 6) is -0.119.